The smallest absolute Gasteiger partial charge is 0.297 e. The van der Waals surface area contributed by atoms with Gasteiger partial charge in [0.2, 0.25) is 4.80 Å². The number of aryl methyl sites for hydroxylation is 1. The van der Waals surface area contributed by atoms with Gasteiger partial charge < -0.3 is 4.42 Å². The van der Waals surface area contributed by atoms with Crippen LogP contribution in [-0.2, 0) is 7.05 Å². The van der Waals surface area contributed by atoms with Crippen LogP contribution < -0.4 is 10.4 Å². The molecule has 0 bridgehead atoms. The van der Waals surface area contributed by atoms with Crippen molar-refractivity contribution < 1.29 is 4.42 Å². The molecule has 1 aromatic carbocycles. The number of aromatic nitrogens is 3. The van der Waals surface area contributed by atoms with Gasteiger partial charge in [-0.05, 0) is 49.6 Å². The molecule has 0 unspecified atom stereocenters. The maximum absolute atomic E-state index is 13.3. The van der Waals surface area contributed by atoms with Crippen molar-refractivity contribution in [3.05, 3.63) is 97.7 Å². The van der Waals surface area contributed by atoms with Crippen LogP contribution in [0.5, 0.6) is 0 Å². The molecule has 0 aliphatic rings. The molecule has 5 rings (SSSR count). The van der Waals surface area contributed by atoms with Crippen LogP contribution in [0, 0.1) is 13.8 Å². The van der Waals surface area contributed by atoms with E-state index in [1.54, 1.807) is 26.9 Å². The second kappa shape index (κ2) is 8.68. The largest absolute Gasteiger partial charge is 0.460 e. The predicted octanol–water partition coefficient (Wildman–Crippen LogP) is 5.09. The zero-order valence-corrected chi connectivity index (χ0v) is 19.9. The van der Waals surface area contributed by atoms with Crippen molar-refractivity contribution >= 4 is 34.6 Å². The van der Waals surface area contributed by atoms with E-state index in [-0.39, 0.29) is 5.56 Å². The van der Waals surface area contributed by atoms with E-state index < -0.39 is 0 Å². The molecule has 0 aliphatic heterocycles. The molecule has 4 aromatic heterocycles. The number of benzene rings is 1. The molecule has 166 valence electrons. The first-order valence-corrected chi connectivity index (χ1v) is 12.0. The molecule has 0 saturated carbocycles. The average Bonchev–Trinajstić information content (AvgIpc) is 3.59. The van der Waals surface area contributed by atoms with Crippen molar-refractivity contribution in [3.63, 3.8) is 0 Å². The van der Waals surface area contributed by atoms with E-state index in [9.17, 15) is 4.79 Å². The van der Waals surface area contributed by atoms with Crippen molar-refractivity contribution in [1.29, 1.82) is 0 Å². The van der Waals surface area contributed by atoms with E-state index in [0.717, 1.165) is 27.7 Å². The van der Waals surface area contributed by atoms with Crippen LogP contribution in [0.25, 0.3) is 16.3 Å². The number of para-hydroxylation sites is 1. The van der Waals surface area contributed by atoms with Gasteiger partial charge in [0.05, 0.1) is 28.2 Å². The molecule has 4 heterocycles. The second-order valence-corrected chi connectivity index (χ2v) is 9.19. The lowest BCUT2D eigenvalue weighted by Gasteiger charge is -2.07. The molecule has 0 fully saturated rings. The maximum atomic E-state index is 13.3. The summed E-state index contributed by atoms with van der Waals surface area (Å²) in [6.07, 6.45) is 1.66. The fourth-order valence-corrected chi connectivity index (χ4v) is 5.13. The zero-order valence-electron chi connectivity index (χ0n) is 18.3. The summed E-state index contributed by atoms with van der Waals surface area (Å²) in [5.74, 6) is 1.47. The maximum Gasteiger partial charge on any atom is 0.297 e. The first-order valence-electron chi connectivity index (χ1n) is 10.3. The monoisotopic (exact) mass is 475 g/mol. The third kappa shape index (κ3) is 3.96. The van der Waals surface area contributed by atoms with E-state index in [1.165, 1.54) is 11.3 Å². The van der Waals surface area contributed by atoms with Gasteiger partial charge in [-0.3, -0.25) is 9.48 Å². The lowest BCUT2D eigenvalue weighted by atomic mass is 10.3. The Labute approximate surface area is 197 Å². The highest BCUT2D eigenvalue weighted by atomic mass is 32.1. The number of thiophene rings is 1. The Morgan fingerprint density at radius 3 is 2.52 bits per heavy atom. The third-order valence-electron chi connectivity index (χ3n) is 5.25. The number of rotatable bonds is 5. The Bertz CT molecular complexity index is 1560. The zero-order chi connectivity index (χ0) is 22.9. The van der Waals surface area contributed by atoms with Crippen molar-refractivity contribution in [2.24, 2.45) is 17.1 Å². The molecular weight excluding hydrogens is 454 g/mol. The average molecular weight is 476 g/mol. The summed E-state index contributed by atoms with van der Waals surface area (Å²) in [7, 11) is 1.86. The molecule has 5 aromatic rings. The summed E-state index contributed by atoms with van der Waals surface area (Å²) in [4.78, 5) is 19.8. The second-order valence-electron chi connectivity index (χ2n) is 7.41. The minimum Gasteiger partial charge on any atom is -0.460 e. The summed E-state index contributed by atoms with van der Waals surface area (Å²) in [5, 5.41) is 8.68. The first kappa shape index (κ1) is 21.2. The molecule has 33 heavy (non-hydrogen) atoms. The van der Waals surface area contributed by atoms with Gasteiger partial charge in [0, 0.05) is 12.4 Å². The van der Waals surface area contributed by atoms with Gasteiger partial charge >= 0.3 is 0 Å². The minimum absolute atomic E-state index is 0.176. The number of thiazole rings is 1. The Kier molecular flexibility index (Phi) is 5.57. The first-order chi connectivity index (χ1) is 16.0. The molecule has 9 heteroatoms. The van der Waals surface area contributed by atoms with Gasteiger partial charge in [-0.1, -0.05) is 24.3 Å². The predicted molar refractivity (Wildman–Crippen MR) is 133 cm³/mol. The van der Waals surface area contributed by atoms with E-state index >= 15 is 0 Å². The van der Waals surface area contributed by atoms with E-state index in [0.29, 0.717) is 16.2 Å². The normalized spacial score (nSPS) is 12.3. The van der Waals surface area contributed by atoms with Gasteiger partial charge in [0.25, 0.3) is 5.56 Å². The van der Waals surface area contributed by atoms with Gasteiger partial charge in [-0.25, -0.2) is 14.4 Å². The summed E-state index contributed by atoms with van der Waals surface area (Å²) in [6.45, 7) is 3.79. The summed E-state index contributed by atoms with van der Waals surface area (Å²) in [5.41, 5.74) is 2.68. The highest BCUT2D eigenvalue weighted by Crippen LogP contribution is 2.26. The molecule has 0 spiro atoms. The van der Waals surface area contributed by atoms with Crippen LogP contribution in [0.3, 0.4) is 0 Å². The molecule has 0 N–H and O–H groups in total. The van der Waals surface area contributed by atoms with Crippen LogP contribution in [0.1, 0.15) is 17.2 Å². The number of furan rings is 1. The lowest BCUT2D eigenvalue weighted by molar-refractivity contribution is 0.527. The van der Waals surface area contributed by atoms with Crippen molar-refractivity contribution in [2.45, 2.75) is 13.8 Å². The third-order valence-corrected chi connectivity index (χ3v) is 6.96. The number of hydrogen-bond donors (Lipinski definition) is 0. The standard InChI is InChI=1S/C24H21N5O2S2/c1-16-11-12-19(31-16)14-25-28-20(21-10-7-13-32-21)15-33-24(28)26-22-17(2)27(3)29(23(22)30)18-8-5-4-6-9-18/h4-15H,1-3H3. The Morgan fingerprint density at radius 1 is 1.00 bits per heavy atom. The van der Waals surface area contributed by atoms with Gasteiger partial charge in [0.1, 0.15) is 11.5 Å². The van der Waals surface area contributed by atoms with E-state index in [2.05, 4.69) is 5.10 Å². The molecule has 7 nitrogen and oxygen atoms in total. The highest BCUT2D eigenvalue weighted by molar-refractivity contribution is 7.14. The molecular formula is C24H21N5O2S2. The van der Waals surface area contributed by atoms with Crippen LogP contribution in [0.2, 0.25) is 0 Å². The van der Waals surface area contributed by atoms with E-state index in [1.807, 2.05) is 90.9 Å². The number of nitrogens with zero attached hydrogens (tertiary/aromatic N) is 5. The molecule has 0 aliphatic carbocycles. The molecule has 0 atom stereocenters. The fraction of sp³-hybridized carbons (Fsp3) is 0.125. The summed E-state index contributed by atoms with van der Waals surface area (Å²) >= 11 is 3.06. The lowest BCUT2D eigenvalue weighted by Crippen LogP contribution is -2.19. The number of hydrogen-bond acceptors (Lipinski definition) is 6. The van der Waals surface area contributed by atoms with Crippen molar-refractivity contribution in [3.8, 4) is 16.3 Å². The van der Waals surface area contributed by atoms with Crippen LogP contribution >= 0.6 is 22.7 Å². The fourth-order valence-electron chi connectivity index (χ4n) is 3.50. The highest BCUT2D eigenvalue weighted by Gasteiger charge is 2.17. The minimum atomic E-state index is -0.176. The van der Waals surface area contributed by atoms with Crippen molar-refractivity contribution in [1.82, 2.24) is 14.0 Å². The molecule has 0 radical (unpaired) electrons. The Balaban J connectivity index is 1.68. The van der Waals surface area contributed by atoms with Crippen molar-refractivity contribution in [2.75, 3.05) is 0 Å². The van der Waals surface area contributed by atoms with Crippen LogP contribution in [0.15, 0.2) is 84.7 Å². The Hall–Kier alpha value is -3.69. The quantitative estimate of drug-likeness (QED) is 0.332. The SMILES string of the molecule is Cc1ccc(C=Nn2c(-c3cccs3)csc2=Nc2c(C)n(C)n(-c3ccccc3)c2=O)o1. The molecule has 0 saturated heterocycles. The summed E-state index contributed by atoms with van der Waals surface area (Å²) < 4.78 is 10.8. The van der Waals surface area contributed by atoms with E-state index in [4.69, 9.17) is 9.41 Å². The van der Waals surface area contributed by atoms with Gasteiger partial charge in [-0.15, -0.1) is 22.7 Å². The van der Waals surface area contributed by atoms with Crippen LogP contribution in [0.4, 0.5) is 5.69 Å². The summed E-state index contributed by atoms with van der Waals surface area (Å²) in [6, 6.07) is 17.3. The van der Waals surface area contributed by atoms with Gasteiger partial charge in [0.15, 0.2) is 5.69 Å². The van der Waals surface area contributed by atoms with Gasteiger partial charge in [-0.2, -0.15) is 5.10 Å². The Morgan fingerprint density at radius 2 is 1.82 bits per heavy atom. The molecule has 0 amide bonds. The topological polar surface area (TPSA) is 69.7 Å². The van der Waals surface area contributed by atoms with Crippen LogP contribution in [-0.4, -0.2) is 20.3 Å².